The topological polar surface area (TPSA) is 32.3 Å². The second-order valence-electron chi connectivity index (χ2n) is 3.57. The zero-order valence-corrected chi connectivity index (χ0v) is 8.39. The highest BCUT2D eigenvalue weighted by atomic mass is 32.1. The van der Waals surface area contributed by atoms with Crippen molar-refractivity contribution in [1.29, 1.82) is 0 Å². The molecule has 13 heavy (non-hydrogen) atoms. The van der Waals surface area contributed by atoms with Crippen LogP contribution in [-0.4, -0.2) is 17.3 Å². The van der Waals surface area contributed by atoms with Gasteiger partial charge in [0.1, 0.15) is 0 Å². The molecule has 2 atom stereocenters. The van der Waals surface area contributed by atoms with E-state index in [4.69, 9.17) is 0 Å². The van der Waals surface area contributed by atoms with Gasteiger partial charge in [0, 0.05) is 17.5 Å². The lowest BCUT2D eigenvalue weighted by Crippen LogP contribution is -2.34. The van der Waals surface area contributed by atoms with Crippen LogP contribution in [0.2, 0.25) is 0 Å². The maximum atomic E-state index is 9.56. The third kappa shape index (κ3) is 2.30. The Bertz CT molecular complexity index is 247. The summed E-state index contributed by atoms with van der Waals surface area (Å²) in [6.45, 7) is 0.902. The first-order valence-corrected chi connectivity index (χ1v) is 5.68. The molecule has 1 saturated carbocycles. The minimum atomic E-state index is -0.125. The normalized spacial score (nSPS) is 28.1. The zero-order valence-electron chi connectivity index (χ0n) is 7.57. The van der Waals surface area contributed by atoms with E-state index >= 15 is 0 Å². The second kappa shape index (κ2) is 4.22. The van der Waals surface area contributed by atoms with Gasteiger partial charge in [-0.15, -0.1) is 11.3 Å². The fourth-order valence-electron chi connectivity index (χ4n) is 1.82. The Balaban J connectivity index is 1.79. The van der Waals surface area contributed by atoms with Gasteiger partial charge in [-0.05, 0) is 30.7 Å². The van der Waals surface area contributed by atoms with Crippen LogP contribution in [0.4, 0.5) is 0 Å². The van der Waals surface area contributed by atoms with Crippen LogP contribution in [0, 0.1) is 0 Å². The van der Waals surface area contributed by atoms with Gasteiger partial charge in [-0.1, -0.05) is 6.07 Å². The summed E-state index contributed by atoms with van der Waals surface area (Å²) in [5.41, 5.74) is 0. The van der Waals surface area contributed by atoms with Crippen LogP contribution >= 0.6 is 11.3 Å². The van der Waals surface area contributed by atoms with Crippen molar-refractivity contribution in [2.75, 3.05) is 0 Å². The van der Waals surface area contributed by atoms with Crippen LogP contribution in [0.5, 0.6) is 0 Å². The molecule has 2 rings (SSSR count). The van der Waals surface area contributed by atoms with Crippen molar-refractivity contribution in [2.45, 2.75) is 38.0 Å². The maximum Gasteiger partial charge on any atom is 0.0693 e. The van der Waals surface area contributed by atoms with Crippen LogP contribution in [0.3, 0.4) is 0 Å². The SMILES string of the molecule is O[C@H]1CCC[C@@H]1NCc1cccs1. The predicted molar refractivity (Wildman–Crippen MR) is 54.8 cm³/mol. The highest BCUT2D eigenvalue weighted by Gasteiger charge is 2.24. The van der Waals surface area contributed by atoms with Crippen molar-refractivity contribution in [3.8, 4) is 0 Å². The van der Waals surface area contributed by atoms with Gasteiger partial charge in [0.2, 0.25) is 0 Å². The van der Waals surface area contributed by atoms with Crippen LogP contribution < -0.4 is 5.32 Å². The van der Waals surface area contributed by atoms with Crippen LogP contribution in [0.1, 0.15) is 24.1 Å². The summed E-state index contributed by atoms with van der Waals surface area (Å²) in [6, 6.07) is 4.51. The highest BCUT2D eigenvalue weighted by molar-refractivity contribution is 7.09. The Hall–Kier alpha value is -0.380. The molecule has 2 N–H and O–H groups in total. The molecule has 2 nitrogen and oxygen atoms in total. The Labute approximate surface area is 82.6 Å². The van der Waals surface area contributed by atoms with Crippen LogP contribution in [-0.2, 0) is 6.54 Å². The van der Waals surface area contributed by atoms with E-state index in [9.17, 15) is 5.11 Å². The smallest absolute Gasteiger partial charge is 0.0693 e. The average molecular weight is 197 g/mol. The highest BCUT2D eigenvalue weighted by Crippen LogP contribution is 2.19. The van der Waals surface area contributed by atoms with E-state index in [-0.39, 0.29) is 6.10 Å². The van der Waals surface area contributed by atoms with Gasteiger partial charge in [-0.3, -0.25) is 0 Å². The largest absolute Gasteiger partial charge is 0.392 e. The van der Waals surface area contributed by atoms with E-state index < -0.39 is 0 Å². The standard InChI is InChI=1S/C10H15NOS/c12-10-5-1-4-9(10)11-7-8-3-2-6-13-8/h2-3,6,9-12H,1,4-5,7H2/t9-,10-/m0/s1. The second-order valence-corrected chi connectivity index (χ2v) is 4.60. The molecule has 0 spiro atoms. The molecule has 0 aliphatic heterocycles. The van der Waals surface area contributed by atoms with Gasteiger partial charge in [0.05, 0.1) is 6.10 Å². The van der Waals surface area contributed by atoms with E-state index in [0.29, 0.717) is 6.04 Å². The fraction of sp³-hybridized carbons (Fsp3) is 0.600. The fourth-order valence-corrected chi connectivity index (χ4v) is 2.48. The number of aliphatic hydroxyl groups is 1. The van der Waals surface area contributed by atoms with Crippen molar-refractivity contribution in [2.24, 2.45) is 0 Å². The number of thiophene rings is 1. The van der Waals surface area contributed by atoms with E-state index in [2.05, 4.69) is 22.8 Å². The Morgan fingerprint density at radius 1 is 1.54 bits per heavy atom. The average Bonchev–Trinajstić information content (AvgIpc) is 2.72. The third-order valence-corrected chi connectivity index (χ3v) is 3.47. The zero-order chi connectivity index (χ0) is 9.10. The molecule has 0 amide bonds. The molecule has 0 aromatic carbocycles. The first-order chi connectivity index (χ1) is 6.36. The van der Waals surface area contributed by atoms with E-state index in [1.807, 2.05) is 0 Å². The number of nitrogens with one attached hydrogen (secondary N) is 1. The molecule has 1 aromatic rings. The van der Waals surface area contributed by atoms with Crippen molar-refractivity contribution >= 4 is 11.3 Å². The molecule has 1 heterocycles. The predicted octanol–water partition coefficient (Wildman–Crippen LogP) is 1.75. The molecule has 0 radical (unpaired) electrons. The van der Waals surface area contributed by atoms with E-state index in [1.165, 1.54) is 4.88 Å². The summed E-state index contributed by atoms with van der Waals surface area (Å²) in [6.07, 6.45) is 3.11. The van der Waals surface area contributed by atoms with Crippen molar-refractivity contribution in [1.82, 2.24) is 5.32 Å². The molecule has 72 valence electrons. The van der Waals surface area contributed by atoms with Gasteiger partial charge in [-0.2, -0.15) is 0 Å². The monoisotopic (exact) mass is 197 g/mol. The molecule has 0 bridgehead atoms. The van der Waals surface area contributed by atoms with Crippen molar-refractivity contribution in [3.05, 3.63) is 22.4 Å². The lowest BCUT2D eigenvalue weighted by molar-refractivity contribution is 0.149. The minimum absolute atomic E-state index is 0.125. The van der Waals surface area contributed by atoms with Crippen LogP contribution in [0.15, 0.2) is 17.5 Å². The van der Waals surface area contributed by atoms with Crippen molar-refractivity contribution < 1.29 is 5.11 Å². The lowest BCUT2D eigenvalue weighted by atomic mass is 10.2. The number of rotatable bonds is 3. The summed E-state index contributed by atoms with van der Waals surface area (Å²) >= 11 is 1.76. The molecular formula is C10H15NOS. The number of hydrogen-bond donors (Lipinski definition) is 2. The Morgan fingerprint density at radius 2 is 2.46 bits per heavy atom. The summed E-state index contributed by atoms with van der Waals surface area (Å²) in [4.78, 5) is 1.35. The summed E-state index contributed by atoms with van der Waals surface area (Å²) in [7, 11) is 0. The van der Waals surface area contributed by atoms with Crippen molar-refractivity contribution in [3.63, 3.8) is 0 Å². The Morgan fingerprint density at radius 3 is 3.08 bits per heavy atom. The quantitative estimate of drug-likeness (QED) is 0.773. The molecule has 1 aliphatic carbocycles. The van der Waals surface area contributed by atoms with Gasteiger partial charge < -0.3 is 10.4 Å². The lowest BCUT2D eigenvalue weighted by Gasteiger charge is -2.15. The minimum Gasteiger partial charge on any atom is -0.392 e. The summed E-state index contributed by atoms with van der Waals surface area (Å²) < 4.78 is 0. The number of aliphatic hydroxyl groups excluding tert-OH is 1. The molecule has 1 fully saturated rings. The molecule has 0 unspecified atom stereocenters. The summed E-state index contributed by atoms with van der Waals surface area (Å²) in [5, 5.41) is 15.0. The Kier molecular flexibility index (Phi) is 2.98. The third-order valence-electron chi connectivity index (χ3n) is 2.60. The number of hydrogen-bond acceptors (Lipinski definition) is 3. The van der Waals surface area contributed by atoms with Gasteiger partial charge in [0.15, 0.2) is 0 Å². The molecule has 1 aromatic heterocycles. The van der Waals surface area contributed by atoms with Gasteiger partial charge in [0.25, 0.3) is 0 Å². The first kappa shape index (κ1) is 9.19. The van der Waals surface area contributed by atoms with Gasteiger partial charge >= 0.3 is 0 Å². The first-order valence-electron chi connectivity index (χ1n) is 4.80. The van der Waals surface area contributed by atoms with E-state index in [1.54, 1.807) is 11.3 Å². The molecular weight excluding hydrogens is 182 g/mol. The van der Waals surface area contributed by atoms with Gasteiger partial charge in [-0.25, -0.2) is 0 Å². The van der Waals surface area contributed by atoms with E-state index in [0.717, 1.165) is 25.8 Å². The maximum absolute atomic E-state index is 9.56. The molecule has 1 aliphatic rings. The summed E-state index contributed by atoms with van der Waals surface area (Å²) in [5.74, 6) is 0. The molecule has 0 saturated heterocycles. The van der Waals surface area contributed by atoms with Crippen LogP contribution in [0.25, 0.3) is 0 Å². The molecule has 3 heteroatoms.